The van der Waals surface area contributed by atoms with Crippen molar-refractivity contribution in [2.24, 2.45) is 0 Å². The second-order valence-electron chi connectivity index (χ2n) is 2.04. The van der Waals surface area contributed by atoms with E-state index in [0.717, 1.165) is 0 Å². The van der Waals surface area contributed by atoms with Gasteiger partial charge in [0.05, 0.1) is 0 Å². The number of nitrogens with zero attached hydrogens (tertiary/aromatic N) is 1. The fourth-order valence-corrected chi connectivity index (χ4v) is 0.208. The first-order valence-corrected chi connectivity index (χ1v) is 3.51. The average molecular weight is 140 g/mol. The van der Waals surface area contributed by atoms with Crippen molar-refractivity contribution in [1.29, 1.82) is 0 Å². The monoisotopic (exact) mass is 140 g/mol. The van der Waals surface area contributed by atoms with Gasteiger partial charge in [0.2, 0.25) is 0 Å². The molecule has 0 spiro atoms. The molecule has 10 heavy (non-hydrogen) atoms. The zero-order valence-electron chi connectivity index (χ0n) is 7.30. The molecule has 0 saturated carbocycles. The van der Waals surface area contributed by atoms with Crippen molar-refractivity contribution in [2.75, 3.05) is 7.05 Å². The maximum atomic E-state index is 3.57. The Morgan fingerprint density at radius 3 is 1.90 bits per heavy atom. The molecule has 58 valence electrons. The van der Waals surface area contributed by atoms with Gasteiger partial charge in [0.1, 0.15) is 13.8 Å². The van der Waals surface area contributed by atoms with Gasteiger partial charge in [-0.15, -0.1) is 0 Å². The standard InChI is InChI=1S/C6H10N.C3H8/c1-4-5-6-7(2)3;1-3-2/h4-6H,1-2H2,3H3;3H2,1-2H3/q+1;/b6-5-;. The number of hydrogen-bond acceptors (Lipinski definition) is 0. The van der Waals surface area contributed by atoms with Gasteiger partial charge in [-0.3, -0.25) is 0 Å². The van der Waals surface area contributed by atoms with Crippen LogP contribution in [0.4, 0.5) is 0 Å². The first-order valence-electron chi connectivity index (χ1n) is 3.51. The molecule has 0 atom stereocenters. The van der Waals surface area contributed by atoms with E-state index in [0.29, 0.717) is 0 Å². The molecule has 0 aromatic rings. The van der Waals surface area contributed by atoms with Gasteiger partial charge in [-0.1, -0.05) is 32.9 Å². The summed E-state index contributed by atoms with van der Waals surface area (Å²) < 4.78 is 1.71. The molecule has 0 saturated heterocycles. The molecule has 0 amide bonds. The fourth-order valence-electron chi connectivity index (χ4n) is 0.208. The predicted molar refractivity (Wildman–Crippen MR) is 48.6 cm³/mol. The van der Waals surface area contributed by atoms with Gasteiger partial charge >= 0.3 is 0 Å². The van der Waals surface area contributed by atoms with Gasteiger partial charge in [0.25, 0.3) is 0 Å². The van der Waals surface area contributed by atoms with Crippen molar-refractivity contribution in [1.82, 2.24) is 0 Å². The van der Waals surface area contributed by atoms with Crippen molar-refractivity contribution in [3.05, 3.63) is 24.9 Å². The quantitative estimate of drug-likeness (QED) is 0.315. The Morgan fingerprint density at radius 1 is 1.40 bits per heavy atom. The first kappa shape index (κ1) is 11.9. The molecule has 1 nitrogen and oxygen atoms in total. The first-order chi connectivity index (χ1) is 4.68. The maximum absolute atomic E-state index is 3.57. The molecular formula is C9H18N+. The van der Waals surface area contributed by atoms with Crippen molar-refractivity contribution in [3.63, 3.8) is 0 Å². The van der Waals surface area contributed by atoms with Crippen molar-refractivity contribution in [2.45, 2.75) is 20.3 Å². The molecule has 0 aliphatic rings. The Balaban J connectivity index is 0. The molecule has 0 aromatic heterocycles. The highest BCUT2D eigenvalue weighted by Crippen LogP contribution is 1.69. The molecule has 0 aliphatic carbocycles. The lowest BCUT2D eigenvalue weighted by molar-refractivity contribution is -0.412. The summed E-state index contributed by atoms with van der Waals surface area (Å²) in [6.45, 7) is 11.3. The summed E-state index contributed by atoms with van der Waals surface area (Å²) in [5, 5.41) is 0. The van der Waals surface area contributed by atoms with Crippen LogP contribution in [0.15, 0.2) is 24.9 Å². The Hall–Kier alpha value is -0.850. The number of hydrogen-bond donors (Lipinski definition) is 0. The Bertz CT molecular complexity index is 112. The van der Waals surface area contributed by atoms with Crippen LogP contribution in [0.2, 0.25) is 0 Å². The number of rotatable bonds is 2. The molecule has 0 radical (unpaired) electrons. The SMILES string of the molecule is C=C/C=C\[N+](=C)C.CCC. The molecule has 0 rings (SSSR count). The van der Waals surface area contributed by atoms with Crippen LogP contribution in [-0.4, -0.2) is 18.3 Å². The van der Waals surface area contributed by atoms with Gasteiger partial charge in [0, 0.05) is 6.08 Å². The molecule has 0 unspecified atom stereocenters. The topological polar surface area (TPSA) is 3.01 Å². The van der Waals surface area contributed by atoms with Crippen molar-refractivity contribution in [3.8, 4) is 0 Å². The van der Waals surface area contributed by atoms with Crippen LogP contribution in [0.3, 0.4) is 0 Å². The molecule has 0 bridgehead atoms. The van der Waals surface area contributed by atoms with Gasteiger partial charge < -0.3 is 0 Å². The average Bonchev–Trinajstić information content (AvgIpc) is 1.85. The smallest absolute Gasteiger partial charge is 0.167 e. The summed E-state index contributed by atoms with van der Waals surface area (Å²) in [7, 11) is 1.86. The Kier molecular flexibility index (Phi) is 13.1. The zero-order chi connectivity index (χ0) is 8.41. The molecule has 0 aliphatic heterocycles. The molecule has 1 heteroatoms. The highest BCUT2D eigenvalue weighted by atomic mass is 14.9. The van der Waals surface area contributed by atoms with Crippen molar-refractivity contribution >= 4 is 6.72 Å². The summed E-state index contributed by atoms with van der Waals surface area (Å²) in [6.07, 6.45) is 6.61. The lowest BCUT2D eigenvalue weighted by Gasteiger charge is -1.73. The minimum Gasteiger partial charge on any atom is -0.214 e. The van der Waals surface area contributed by atoms with Crippen LogP contribution in [0.25, 0.3) is 0 Å². The van der Waals surface area contributed by atoms with Crippen LogP contribution in [0.5, 0.6) is 0 Å². The predicted octanol–water partition coefficient (Wildman–Crippen LogP) is 2.45. The summed E-state index contributed by atoms with van der Waals surface area (Å²) >= 11 is 0. The van der Waals surface area contributed by atoms with Crippen molar-refractivity contribution < 1.29 is 4.58 Å². The van der Waals surface area contributed by atoms with Gasteiger partial charge in [-0.05, 0) is 0 Å². The van der Waals surface area contributed by atoms with Crippen LogP contribution < -0.4 is 0 Å². The van der Waals surface area contributed by atoms with Crippen LogP contribution in [-0.2, 0) is 0 Å². The normalized spacial score (nSPS) is 8.30. The van der Waals surface area contributed by atoms with E-state index in [4.69, 9.17) is 0 Å². The molecule has 0 N–H and O–H groups in total. The third kappa shape index (κ3) is 27.3. The number of allylic oxidation sites excluding steroid dienone is 2. The van der Waals surface area contributed by atoms with E-state index >= 15 is 0 Å². The summed E-state index contributed by atoms with van der Waals surface area (Å²) in [4.78, 5) is 0. The third-order valence-electron chi connectivity index (χ3n) is 0.477. The highest BCUT2D eigenvalue weighted by Gasteiger charge is 1.70. The summed E-state index contributed by atoms with van der Waals surface area (Å²) in [5.74, 6) is 0. The van der Waals surface area contributed by atoms with Gasteiger partial charge in [-0.2, -0.15) is 0 Å². The molecule has 0 heterocycles. The third-order valence-corrected chi connectivity index (χ3v) is 0.477. The second kappa shape index (κ2) is 11.0. The van der Waals surface area contributed by atoms with E-state index < -0.39 is 0 Å². The largest absolute Gasteiger partial charge is 0.214 e. The summed E-state index contributed by atoms with van der Waals surface area (Å²) in [6, 6.07) is 0. The van der Waals surface area contributed by atoms with Crippen LogP contribution in [0, 0.1) is 0 Å². The lowest BCUT2D eigenvalue weighted by Crippen LogP contribution is -1.86. The molecule has 0 aromatic carbocycles. The Morgan fingerprint density at radius 2 is 1.80 bits per heavy atom. The van der Waals surface area contributed by atoms with E-state index in [9.17, 15) is 0 Å². The lowest BCUT2D eigenvalue weighted by atomic mass is 10.6. The van der Waals surface area contributed by atoms with Crippen LogP contribution in [0.1, 0.15) is 20.3 Å². The minimum absolute atomic E-state index is 1.25. The fraction of sp³-hybridized carbons (Fsp3) is 0.444. The van der Waals surface area contributed by atoms with E-state index in [2.05, 4.69) is 27.1 Å². The zero-order valence-corrected chi connectivity index (χ0v) is 7.30. The van der Waals surface area contributed by atoms with Crippen LogP contribution >= 0.6 is 0 Å². The summed E-state index contributed by atoms with van der Waals surface area (Å²) in [5.41, 5.74) is 0. The van der Waals surface area contributed by atoms with E-state index in [1.165, 1.54) is 6.42 Å². The van der Waals surface area contributed by atoms with Gasteiger partial charge in [0.15, 0.2) is 6.20 Å². The molecule has 0 fully saturated rings. The second-order valence-corrected chi connectivity index (χ2v) is 2.04. The minimum atomic E-state index is 1.25. The molecular weight excluding hydrogens is 122 g/mol. The Labute approximate surface area is 64.4 Å². The van der Waals surface area contributed by atoms with E-state index in [1.54, 1.807) is 10.7 Å². The van der Waals surface area contributed by atoms with E-state index in [1.807, 2.05) is 19.3 Å². The van der Waals surface area contributed by atoms with E-state index in [-0.39, 0.29) is 0 Å². The highest BCUT2D eigenvalue weighted by molar-refractivity contribution is 5.15. The maximum Gasteiger partial charge on any atom is 0.167 e. The van der Waals surface area contributed by atoms with Gasteiger partial charge in [-0.25, -0.2) is 4.58 Å².